The van der Waals surface area contributed by atoms with Crippen LogP contribution in [0.15, 0.2) is 85.7 Å². The Hall–Kier alpha value is -2.83. The van der Waals surface area contributed by atoms with E-state index in [1.807, 2.05) is 12.4 Å². The normalized spacial score (nSPS) is 13.9. The van der Waals surface area contributed by atoms with E-state index in [2.05, 4.69) is 80.6 Å². The van der Waals surface area contributed by atoms with Gasteiger partial charge in [-0.3, -0.25) is 0 Å². The Balaban J connectivity index is 1.40. The van der Waals surface area contributed by atoms with Crippen LogP contribution in [0.1, 0.15) is 61.0 Å². The lowest BCUT2D eigenvalue weighted by Gasteiger charge is -2.29. The average molecular weight is 503 g/mol. The van der Waals surface area contributed by atoms with E-state index in [0.717, 1.165) is 75.6 Å². The molecule has 0 radical (unpaired) electrons. The predicted octanol–water partition coefficient (Wildman–Crippen LogP) is 6.23. The van der Waals surface area contributed by atoms with E-state index in [4.69, 9.17) is 0 Å². The van der Waals surface area contributed by atoms with Gasteiger partial charge < -0.3 is 14.5 Å². The third-order valence-corrected chi connectivity index (χ3v) is 9.14. The summed E-state index contributed by atoms with van der Waals surface area (Å²) in [7, 11) is 0. The number of hydrogen-bond donors (Lipinski definition) is 2. The molecule has 0 saturated carbocycles. The van der Waals surface area contributed by atoms with Crippen molar-refractivity contribution < 1.29 is 4.55 Å². The zero-order valence-corrected chi connectivity index (χ0v) is 21.8. The number of aromatic nitrogens is 4. The predicted molar refractivity (Wildman–Crippen MR) is 148 cm³/mol. The molecule has 2 aromatic carbocycles. The summed E-state index contributed by atoms with van der Waals surface area (Å²) >= 11 is -0.910. The molecular weight excluding hydrogens is 464 g/mol. The fourth-order valence-corrected chi connectivity index (χ4v) is 6.90. The number of imidazole rings is 2. The van der Waals surface area contributed by atoms with Gasteiger partial charge in [-0.2, -0.15) is 0 Å². The molecule has 4 aromatic rings. The maximum atomic E-state index is 14.1. The van der Waals surface area contributed by atoms with Crippen molar-refractivity contribution in [1.29, 1.82) is 0 Å². The highest BCUT2D eigenvalue weighted by Crippen LogP contribution is 2.27. The highest BCUT2D eigenvalue weighted by atomic mass is 32.2. The Bertz CT molecular complexity index is 983. The minimum Gasteiger partial charge on any atom is -0.616 e. The third kappa shape index (κ3) is 8.68. The maximum Gasteiger partial charge on any atom is 0.116 e. The lowest BCUT2D eigenvalue weighted by molar-refractivity contribution is 0.517. The smallest absolute Gasteiger partial charge is 0.116 e. The Kier molecular flexibility index (Phi) is 10.7. The second-order valence-corrected chi connectivity index (χ2v) is 11.5. The molecule has 2 heterocycles. The molecule has 0 bridgehead atoms. The molecule has 0 aliphatic heterocycles. The lowest BCUT2D eigenvalue weighted by Crippen LogP contribution is -2.33. The molecule has 0 spiro atoms. The summed E-state index contributed by atoms with van der Waals surface area (Å²) < 4.78 is 14.1. The van der Waals surface area contributed by atoms with Gasteiger partial charge in [-0.1, -0.05) is 60.7 Å². The van der Waals surface area contributed by atoms with Crippen LogP contribution in [0.5, 0.6) is 0 Å². The Morgan fingerprint density at radius 1 is 0.611 bits per heavy atom. The van der Waals surface area contributed by atoms with E-state index in [-0.39, 0.29) is 10.5 Å². The molecule has 190 valence electrons. The van der Waals surface area contributed by atoms with Gasteiger partial charge in [0.05, 0.1) is 24.0 Å². The molecule has 5 nitrogen and oxygen atoms in total. The van der Waals surface area contributed by atoms with Gasteiger partial charge in [-0.25, -0.2) is 9.97 Å². The summed E-state index contributed by atoms with van der Waals surface area (Å²) in [6, 6.07) is 21.3. The quantitative estimate of drug-likeness (QED) is 0.178. The molecule has 2 aromatic heterocycles. The van der Waals surface area contributed by atoms with E-state index in [1.54, 1.807) is 12.7 Å². The van der Waals surface area contributed by atoms with Gasteiger partial charge in [0.15, 0.2) is 0 Å². The Morgan fingerprint density at radius 2 is 1.06 bits per heavy atom. The Morgan fingerprint density at radius 3 is 1.44 bits per heavy atom. The number of benzene rings is 2. The van der Waals surface area contributed by atoms with Crippen LogP contribution < -0.4 is 0 Å². The van der Waals surface area contributed by atoms with Gasteiger partial charge >= 0.3 is 0 Å². The summed E-state index contributed by atoms with van der Waals surface area (Å²) in [6.45, 7) is 0. The molecule has 2 N–H and O–H groups in total. The molecule has 2 unspecified atom stereocenters. The molecule has 0 aliphatic carbocycles. The number of hydrogen-bond acceptors (Lipinski definition) is 3. The van der Waals surface area contributed by atoms with E-state index < -0.39 is 11.2 Å². The fraction of sp³-hybridized carbons (Fsp3) is 0.400. The van der Waals surface area contributed by atoms with Crippen molar-refractivity contribution in [3.8, 4) is 0 Å². The van der Waals surface area contributed by atoms with Gasteiger partial charge in [0.2, 0.25) is 0 Å². The first-order chi connectivity index (χ1) is 17.8. The molecular formula is C30H38N4OS. The van der Waals surface area contributed by atoms with Gasteiger partial charge in [0, 0.05) is 25.2 Å². The van der Waals surface area contributed by atoms with Crippen molar-refractivity contribution in [1.82, 2.24) is 19.9 Å². The fourth-order valence-electron chi connectivity index (χ4n) is 4.86. The molecule has 0 aliphatic rings. The number of H-pyrrole nitrogens is 2. The zero-order chi connectivity index (χ0) is 24.8. The topological polar surface area (TPSA) is 80.4 Å². The van der Waals surface area contributed by atoms with Crippen LogP contribution in [0, 0.1) is 0 Å². The van der Waals surface area contributed by atoms with Gasteiger partial charge in [0.25, 0.3) is 0 Å². The molecule has 2 atom stereocenters. The molecule has 0 saturated heterocycles. The van der Waals surface area contributed by atoms with Crippen molar-refractivity contribution in [2.45, 2.75) is 74.7 Å². The molecule has 4 rings (SSSR count). The van der Waals surface area contributed by atoms with Crippen molar-refractivity contribution in [2.24, 2.45) is 0 Å². The van der Waals surface area contributed by atoms with Crippen molar-refractivity contribution in [2.75, 3.05) is 0 Å². The minimum atomic E-state index is -0.910. The molecule has 36 heavy (non-hydrogen) atoms. The van der Waals surface area contributed by atoms with Crippen molar-refractivity contribution >= 4 is 11.2 Å². The molecule has 6 heteroatoms. The second-order valence-electron chi connectivity index (χ2n) is 9.53. The average Bonchev–Trinajstić information content (AvgIpc) is 3.64. The van der Waals surface area contributed by atoms with Crippen LogP contribution in [0.3, 0.4) is 0 Å². The van der Waals surface area contributed by atoms with Gasteiger partial charge in [-0.05, 0) is 73.7 Å². The van der Waals surface area contributed by atoms with Gasteiger partial charge in [0.1, 0.15) is 10.5 Å². The van der Waals surface area contributed by atoms with E-state index >= 15 is 0 Å². The van der Waals surface area contributed by atoms with Crippen LogP contribution >= 0.6 is 0 Å². The number of aryl methyl sites for hydroxylation is 4. The minimum absolute atomic E-state index is 0.173. The number of nitrogens with zero attached hydrogens (tertiary/aromatic N) is 2. The monoisotopic (exact) mass is 502 g/mol. The van der Waals surface area contributed by atoms with Crippen LogP contribution in [0.25, 0.3) is 0 Å². The number of rotatable bonds is 16. The summed E-state index contributed by atoms with van der Waals surface area (Å²) in [6.07, 6.45) is 17.0. The third-order valence-electron chi connectivity index (χ3n) is 6.88. The van der Waals surface area contributed by atoms with E-state index in [9.17, 15) is 4.55 Å². The van der Waals surface area contributed by atoms with Crippen LogP contribution in [0.2, 0.25) is 0 Å². The first-order valence-electron chi connectivity index (χ1n) is 13.2. The maximum absolute atomic E-state index is 14.1. The van der Waals surface area contributed by atoms with Crippen molar-refractivity contribution in [3.63, 3.8) is 0 Å². The summed E-state index contributed by atoms with van der Waals surface area (Å²) in [4.78, 5) is 14.9. The second kappa shape index (κ2) is 14.7. The lowest BCUT2D eigenvalue weighted by atomic mass is 10.0. The van der Waals surface area contributed by atoms with E-state index in [0.29, 0.717) is 0 Å². The van der Waals surface area contributed by atoms with Crippen LogP contribution in [-0.2, 0) is 36.9 Å². The first kappa shape index (κ1) is 26.2. The number of aromatic amines is 2. The summed E-state index contributed by atoms with van der Waals surface area (Å²) in [5.74, 6) is 0. The van der Waals surface area contributed by atoms with Crippen molar-refractivity contribution in [3.05, 3.63) is 108 Å². The number of nitrogens with one attached hydrogen (secondary N) is 2. The standard InChI is InChI=1S/C30H38N4OS/c35-36(29(19-17-27-21-31-23-33-27)15-7-13-25-9-3-1-4-10-25)30(20-18-28-22-32-24-34-28)16-8-14-26-11-5-2-6-12-26/h1-6,9-12,21-24,29-30H,7-8,13-20H2,(H,31,33)(H,32,34). The highest BCUT2D eigenvalue weighted by molar-refractivity contribution is 7.92. The largest absolute Gasteiger partial charge is 0.616 e. The Labute approximate surface area is 218 Å². The van der Waals surface area contributed by atoms with E-state index in [1.165, 1.54) is 11.1 Å². The first-order valence-corrected chi connectivity index (χ1v) is 14.5. The van der Waals surface area contributed by atoms with Gasteiger partial charge in [-0.15, -0.1) is 0 Å². The highest BCUT2D eigenvalue weighted by Gasteiger charge is 2.30. The SMILES string of the molecule is [O-][S+](C(CCCc1ccccc1)CCc1c[nH]cn1)C(CCCc1ccccc1)CCc1c[nH]cn1. The van der Waals surface area contributed by atoms with Crippen LogP contribution in [-0.4, -0.2) is 35.0 Å². The summed E-state index contributed by atoms with van der Waals surface area (Å²) in [5, 5.41) is 0.345. The molecule has 0 amide bonds. The zero-order valence-electron chi connectivity index (χ0n) is 21.0. The van der Waals surface area contributed by atoms with Crippen LogP contribution in [0.4, 0.5) is 0 Å². The summed E-state index contributed by atoms with van der Waals surface area (Å²) in [5.41, 5.74) is 4.81. The molecule has 0 fully saturated rings.